The van der Waals surface area contributed by atoms with E-state index in [4.69, 9.17) is 0 Å². The number of aryl methyl sites for hydroxylation is 3. The lowest BCUT2D eigenvalue weighted by Gasteiger charge is -2.25. The Morgan fingerprint density at radius 3 is 2.79 bits per heavy atom. The van der Waals surface area contributed by atoms with E-state index in [0.717, 1.165) is 55.8 Å². The number of thiazole rings is 1. The molecule has 1 aliphatic heterocycles. The number of carbonyl (C=O) groups excluding carboxylic acids is 1. The fraction of sp³-hybridized carbons (Fsp3) is 0.550. The first-order chi connectivity index (χ1) is 13.1. The number of aromatic nitrogens is 2. The lowest BCUT2D eigenvalue weighted by Crippen LogP contribution is -2.38. The number of pyridine rings is 1. The average molecular weight is 459 g/mol. The Morgan fingerprint density at radius 2 is 2.07 bits per heavy atom. The highest BCUT2D eigenvalue weighted by molar-refractivity contribution is 7.11. The number of amides is 1. The van der Waals surface area contributed by atoms with Gasteiger partial charge in [-0.25, -0.2) is 4.98 Å². The predicted octanol–water partition coefficient (Wildman–Crippen LogP) is 2.84. The summed E-state index contributed by atoms with van der Waals surface area (Å²) in [5.41, 5.74) is 2.08. The zero-order valence-electron chi connectivity index (χ0n) is 16.5. The molecule has 1 saturated heterocycles. The first-order valence-electron chi connectivity index (χ1n) is 9.81. The minimum absolute atomic E-state index is 0. The van der Waals surface area contributed by atoms with Crippen molar-refractivity contribution >= 4 is 42.1 Å². The molecule has 4 rings (SSSR count). The van der Waals surface area contributed by atoms with Crippen LogP contribution < -0.4 is 16.2 Å². The van der Waals surface area contributed by atoms with Crippen LogP contribution >= 0.6 is 36.2 Å². The van der Waals surface area contributed by atoms with Gasteiger partial charge in [0, 0.05) is 30.1 Å². The van der Waals surface area contributed by atoms with Crippen LogP contribution in [-0.4, -0.2) is 35.1 Å². The lowest BCUT2D eigenvalue weighted by molar-refractivity contribution is 0.0951. The first-order valence-corrected chi connectivity index (χ1v) is 10.6. The number of nitrogens with one attached hydrogen (secondary N) is 2. The van der Waals surface area contributed by atoms with Crippen LogP contribution in [0, 0.1) is 6.92 Å². The molecule has 0 aromatic carbocycles. The number of nitrogens with zero attached hydrogens (tertiary/aromatic N) is 2. The van der Waals surface area contributed by atoms with Crippen LogP contribution in [0.5, 0.6) is 0 Å². The highest BCUT2D eigenvalue weighted by Crippen LogP contribution is 2.27. The molecule has 2 aliphatic rings. The van der Waals surface area contributed by atoms with E-state index < -0.39 is 0 Å². The van der Waals surface area contributed by atoms with E-state index >= 15 is 0 Å². The normalized spacial score (nSPS) is 15.9. The quantitative estimate of drug-likeness (QED) is 0.721. The van der Waals surface area contributed by atoms with Crippen LogP contribution in [0.4, 0.5) is 0 Å². The van der Waals surface area contributed by atoms with Crippen molar-refractivity contribution in [1.29, 1.82) is 0 Å². The monoisotopic (exact) mass is 458 g/mol. The van der Waals surface area contributed by atoms with Crippen molar-refractivity contribution in [3.63, 3.8) is 0 Å². The molecule has 3 heterocycles. The fourth-order valence-corrected chi connectivity index (χ4v) is 5.17. The molecular formula is C20H28Cl2N4O2S. The lowest BCUT2D eigenvalue weighted by atomic mass is 10.0. The van der Waals surface area contributed by atoms with Crippen molar-refractivity contribution in [3.8, 4) is 0 Å². The zero-order valence-corrected chi connectivity index (χ0v) is 19.0. The number of fused-ring (bicyclic) bond motifs is 1. The highest BCUT2D eigenvalue weighted by atomic mass is 35.5. The molecule has 2 aromatic rings. The molecule has 9 heteroatoms. The second-order valence-electron chi connectivity index (χ2n) is 7.40. The van der Waals surface area contributed by atoms with Crippen LogP contribution in [0.15, 0.2) is 17.1 Å². The van der Waals surface area contributed by atoms with Gasteiger partial charge in [-0.2, -0.15) is 0 Å². The summed E-state index contributed by atoms with van der Waals surface area (Å²) in [6, 6.07) is 2.05. The van der Waals surface area contributed by atoms with Crippen LogP contribution in [-0.2, 0) is 19.3 Å². The number of carbonyl (C=O) groups is 1. The van der Waals surface area contributed by atoms with Gasteiger partial charge in [-0.3, -0.25) is 9.59 Å². The van der Waals surface area contributed by atoms with Gasteiger partial charge in [0.25, 0.3) is 11.5 Å². The van der Waals surface area contributed by atoms with Crippen molar-refractivity contribution in [2.75, 3.05) is 19.6 Å². The van der Waals surface area contributed by atoms with Crippen LogP contribution in [0.25, 0.3) is 0 Å². The maximum absolute atomic E-state index is 12.9. The van der Waals surface area contributed by atoms with Gasteiger partial charge in [0.1, 0.15) is 5.56 Å². The van der Waals surface area contributed by atoms with Crippen molar-refractivity contribution in [3.05, 3.63) is 49.3 Å². The van der Waals surface area contributed by atoms with Gasteiger partial charge in [0.05, 0.1) is 10.7 Å². The molecule has 0 bridgehead atoms. The molecule has 0 spiro atoms. The van der Waals surface area contributed by atoms with E-state index in [1.807, 2.05) is 19.2 Å². The van der Waals surface area contributed by atoms with Crippen molar-refractivity contribution < 1.29 is 4.79 Å². The van der Waals surface area contributed by atoms with Gasteiger partial charge < -0.3 is 15.2 Å². The molecule has 0 unspecified atom stereocenters. The maximum Gasteiger partial charge on any atom is 0.263 e. The summed E-state index contributed by atoms with van der Waals surface area (Å²) in [4.78, 5) is 31.7. The topological polar surface area (TPSA) is 76.0 Å². The minimum atomic E-state index is -0.273. The molecule has 2 N–H and O–H groups in total. The number of halogens is 2. The summed E-state index contributed by atoms with van der Waals surface area (Å²) in [5, 5.41) is 7.32. The molecule has 0 radical (unpaired) electrons. The molecule has 6 nitrogen and oxygen atoms in total. The summed E-state index contributed by atoms with van der Waals surface area (Å²) in [6.07, 6.45) is 7.81. The van der Waals surface area contributed by atoms with E-state index in [1.54, 1.807) is 15.9 Å². The number of hydrogen-bond acceptors (Lipinski definition) is 5. The molecular weight excluding hydrogens is 431 g/mol. The number of piperidine rings is 1. The molecule has 1 aliphatic carbocycles. The summed E-state index contributed by atoms with van der Waals surface area (Å²) in [7, 11) is 0. The third-order valence-corrected chi connectivity index (χ3v) is 6.74. The molecule has 1 fully saturated rings. The standard InChI is InChI=1S/C20H26N4O2S.2ClH/c1-13-8-12-24(14-5-9-21-10-6-14)20(26)18(13)19(25)22-11-7-17-23-15-3-2-4-16(15)27-17;;/h8,12,14,21H,2-7,9-11H2,1H3,(H,22,25);2*1H. The third kappa shape index (κ3) is 5.20. The highest BCUT2D eigenvalue weighted by Gasteiger charge is 2.21. The Balaban J connectivity index is 0.00000150. The Bertz CT molecular complexity index is 885. The largest absolute Gasteiger partial charge is 0.351 e. The predicted molar refractivity (Wildman–Crippen MR) is 121 cm³/mol. The Labute approximate surface area is 187 Å². The van der Waals surface area contributed by atoms with E-state index in [2.05, 4.69) is 15.6 Å². The van der Waals surface area contributed by atoms with Gasteiger partial charge in [-0.05, 0) is 63.7 Å². The van der Waals surface area contributed by atoms with Gasteiger partial charge in [0.15, 0.2) is 0 Å². The van der Waals surface area contributed by atoms with E-state index in [-0.39, 0.29) is 47.9 Å². The molecule has 160 valence electrons. The summed E-state index contributed by atoms with van der Waals surface area (Å²) < 4.78 is 1.74. The van der Waals surface area contributed by atoms with Gasteiger partial charge in [0.2, 0.25) is 0 Å². The second-order valence-corrected chi connectivity index (χ2v) is 8.57. The van der Waals surface area contributed by atoms with Crippen LogP contribution in [0.1, 0.15) is 56.8 Å². The minimum Gasteiger partial charge on any atom is -0.351 e. The number of hydrogen-bond donors (Lipinski definition) is 2. The number of rotatable bonds is 5. The van der Waals surface area contributed by atoms with Gasteiger partial charge in [-0.15, -0.1) is 36.2 Å². The zero-order chi connectivity index (χ0) is 18.8. The first kappa shape index (κ1) is 23.9. The van der Waals surface area contributed by atoms with Crippen LogP contribution in [0.2, 0.25) is 0 Å². The molecule has 0 atom stereocenters. The molecule has 0 saturated carbocycles. The summed E-state index contributed by atoms with van der Waals surface area (Å²) in [5.74, 6) is -0.273. The SMILES string of the molecule is Cc1ccn(C2CCNCC2)c(=O)c1C(=O)NCCc1nc2c(s1)CCC2.Cl.Cl. The summed E-state index contributed by atoms with van der Waals surface area (Å²) in [6.45, 7) is 4.15. The second kappa shape index (κ2) is 10.6. The Morgan fingerprint density at radius 1 is 1.31 bits per heavy atom. The smallest absolute Gasteiger partial charge is 0.263 e. The summed E-state index contributed by atoms with van der Waals surface area (Å²) >= 11 is 1.76. The Hall–Kier alpha value is -1.41. The molecule has 29 heavy (non-hydrogen) atoms. The van der Waals surface area contributed by atoms with Gasteiger partial charge >= 0.3 is 0 Å². The fourth-order valence-electron chi connectivity index (χ4n) is 4.01. The van der Waals surface area contributed by atoms with E-state index in [1.165, 1.54) is 17.0 Å². The van der Waals surface area contributed by atoms with Crippen molar-refractivity contribution in [2.24, 2.45) is 0 Å². The van der Waals surface area contributed by atoms with Crippen molar-refractivity contribution in [2.45, 2.75) is 51.5 Å². The van der Waals surface area contributed by atoms with Crippen molar-refractivity contribution in [1.82, 2.24) is 20.2 Å². The van der Waals surface area contributed by atoms with Gasteiger partial charge in [-0.1, -0.05) is 0 Å². The van der Waals surface area contributed by atoms with E-state index in [0.29, 0.717) is 6.54 Å². The molecule has 2 aromatic heterocycles. The third-order valence-electron chi connectivity index (χ3n) is 5.52. The Kier molecular flexibility index (Phi) is 8.70. The van der Waals surface area contributed by atoms with E-state index in [9.17, 15) is 9.59 Å². The maximum atomic E-state index is 12.9. The average Bonchev–Trinajstić information content (AvgIpc) is 3.24. The van der Waals surface area contributed by atoms with Crippen LogP contribution in [0.3, 0.4) is 0 Å². The molecule has 1 amide bonds.